The Labute approximate surface area is 66.7 Å². The van der Waals surface area contributed by atoms with Gasteiger partial charge in [0.25, 0.3) is 0 Å². The maximum absolute atomic E-state index is 7.36. The van der Waals surface area contributed by atoms with Crippen LogP contribution in [0.15, 0.2) is 22.6 Å². The summed E-state index contributed by atoms with van der Waals surface area (Å²) in [6.07, 6.45) is 5.49. The van der Waals surface area contributed by atoms with Crippen LogP contribution in [0.25, 0.3) is 0 Å². The molecule has 0 aromatic carbocycles. The first-order chi connectivity index (χ1) is 4.74. The van der Waals surface area contributed by atoms with Crippen molar-refractivity contribution in [2.45, 2.75) is 19.8 Å². The predicted molar refractivity (Wildman–Crippen MR) is 47.8 cm³/mol. The standard InChI is InChI=1S/C8H11NS/c1-2-6-5-7(9)3-4-8(6)10/h3-4,9-10H,2,5H2,1H3. The van der Waals surface area contributed by atoms with Gasteiger partial charge < -0.3 is 5.41 Å². The van der Waals surface area contributed by atoms with Crippen molar-refractivity contribution in [3.05, 3.63) is 22.6 Å². The van der Waals surface area contributed by atoms with Crippen LogP contribution in [0.4, 0.5) is 0 Å². The van der Waals surface area contributed by atoms with Gasteiger partial charge >= 0.3 is 0 Å². The zero-order valence-electron chi connectivity index (χ0n) is 6.02. The molecule has 54 valence electrons. The van der Waals surface area contributed by atoms with Crippen LogP contribution in [0.2, 0.25) is 0 Å². The van der Waals surface area contributed by atoms with Gasteiger partial charge in [0, 0.05) is 17.0 Å². The maximum atomic E-state index is 7.36. The molecule has 0 atom stereocenters. The van der Waals surface area contributed by atoms with E-state index in [0.29, 0.717) is 5.71 Å². The van der Waals surface area contributed by atoms with Crippen molar-refractivity contribution in [2.75, 3.05) is 0 Å². The number of allylic oxidation sites excluding steroid dienone is 3. The van der Waals surface area contributed by atoms with E-state index in [9.17, 15) is 0 Å². The summed E-state index contributed by atoms with van der Waals surface area (Å²) in [6, 6.07) is 0. The first kappa shape index (κ1) is 7.61. The maximum Gasteiger partial charge on any atom is 0.0355 e. The predicted octanol–water partition coefficient (Wildman–Crippen LogP) is 2.56. The summed E-state index contributed by atoms with van der Waals surface area (Å²) in [5.74, 6) is 0. The molecule has 0 radical (unpaired) electrons. The summed E-state index contributed by atoms with van der Waals surface area (Å²) in [6.45, 7) is 2.10. The van der Waals surface area contributed by atoms with Gasteiger partial charge in [-0.05, 0) is 18.6 Å². The molecule has 0 bridgehead atoms. The van der Waals surface area contributed by atoms with Crippen LogP contribution < -0.4 is 0 Å². The number of hydrogen-bond donors (Lipinski definition) is 2. The molecule has 0 saturated heterocycles. The largest absolute Gasteiger partial charge is 0.305 e. The molecular formula is C8H11NS. The SMILES string of the molecule is CCC1=C(S)C=CC(=N)C1. The van der Waals surface area contributed by atoms with E-state index >= 15 is 0 Å². The van der Waals surface area contributed by atoms with E-state index in [-0.39, 0.29) is 0 Å². The number of hydrogen-bond acceptors (Lipinski definition) is 2. The third-order valence-electron chi connectivity index (χ3n) is 1.64. The van der Waals surface area contributed by atoms with E-state index < -0.39 is 0 Å². The highest BCUT2D eigenvalue weighted by molar-refractivity contribution is 7.84. The highest BCUT2D eigenvalue weighted by Gasteiger charge is 2.05. The molecule has 0 fully saturated rings. The Kier molecular flexibility index (Phi) is 2.33. The summed E-state index contributed by atoms with van der Waals surface area (Å²) in [7, 11) is 0. The molecule has 0 saturated carbocycles. The molecule has 0 aliphatic heterocycles. The average molecular weight is 153 g/mol. The van der Waals surface area contributed by atoms with Crippen LogP contribution in [0.1, 0.15) is 19.8 Å². The minimum atomic E-state index is 0.689. The Bertz CT molecular complexity index is 213. The third-order valence-corrected chi connectivity index (χ3v) is 2.10. The van der Waals surface area contributed by atoms with Gasteiger partial charge in [0.15, 0.2) is 0 Å². The lowest BCUT2D eigenvalue weighted by Gasteiger charge is -2.10. The smallest absolute Gasteiger partial charge is 0.0355 e. The molecule has 1 nitrogen and oxygen atoms in total. The quantitative estimate of drug-likeness (QED) is 0.541. The second-order valence-corrected chi connectivity index (χ2v) is 2.86. The van der Waals surface area contributed by atoms with Gasteiger partial charge in [-0.2, -0.15) is 0 Å². The first-order valence-electron chi connectivity index (χ1n) is 3.40. The van der Waals surface area contributed by atoms with Gasteiger partial charge in [-0.15, -0.1) is 12.6 Å². The molecule has 0 unspecified atom stereocenters. The summed E-state index contributed by atoms with van der Waals surface area (Å²) in [5, 5.41) is 7.36. The summed E-state index contributed by atoms with van der Waals surface area (Å²) in [5.41, 5.74) is 1.96. The van der Waals surface area contributed by atoms with Crippen molar-refractivity contribution in [1.29, 1.82) is 5.41 Å². The number of thiol groups is 1. The van der Waals surface area contributed by atoms with Gasteiger partial charge in [-0.1, -0.05) is 12.5 Å². The molecule has 0 aromatic rings. The van der Waals surface area contributed by atoms with Crippen LogP contribution in [-0.4, -0.2) is 5.71 Å². The lowest BCUT2D eigenvalue weighted by atomic mass is 10.0. The van der Waals surface area contributed by atoms with Gasteiger partial charge in [0.2, 0.25) is 0 Å². The van der Waals surface area contributed by atoms with E-state index in [4.69, 9.17) is 5.41 Å². The molecule has 1 aliphatic carbocycles. The zero-order valence-corrected chi connectivity index (χ0v) is 6.91. The molecule has 0 heterocycles. The third kappa shape index (κ3) is 1.51. The van der Waals surface area contributed by atoms with E-state index in [0.717, 1.165) is 17.7 Å². The number of nitrogens with one attached hydrogen (secondary N) is 1. The molecular weight excluding hydrogens is 142 g/mol. The van der Waals surface area contributed by atoms with Crippen LogP contribution >= 0.6 is 12.6 Å². The topological polar surface area (TPSA) is 23.9 Å². The minimum absolute atomic E-state index is 0.689. The van der Waals surface area contributed by atoms with Gasteiger partial charge in [0.1, 0.15) is 0 Å². The summed E-state index contributed by atoms with van der Waals surface area (Å²) >= 11 is 4.27. The van der Waals surface area contributed by atoms with Crippen LogP contribution in [-0.2, 0) is 0 Å². The fraction of sp³-hybridized carbons (Fsp3) is 0.375. The van der Waals surface area contributed by atoms with Gasteiger partial charge in [0.05, 0.1) is 0 Å². The Morgan fingerprint density at radius 1 is 1.60 bits per heavy atom. The average Bonchev–Trinajstić information content (AvgIpc) is 1.94. The molecule has 1 N–H and O–H groups in total. The highest BCUT2D eigenvalue weighted by Crippen LogP contribution is 2.21. The Hall–Kier alpha value is -0.500. The van der Waals surface area contributed by atoms with E-state index in [1.54, 1.807) is 0 Å². The van der Waals surface area contributed by atoms with E-state index in [1.165, 1.54) is 5.57 Å². The van der Waals surface area contributed by atoms with Crippen LogP contribution in [0.5, 0.6) is 0 Å². The summed E-state index contributed by atoms with van der Waals surface area (Å²) < 4.78 is 0. The normalized spacial score (nSPS) is 18.4. The Balaban J connectivity index is 2.84. The summed E-state index contributed by atoms with van der Waals surface area (Å²) in [4.78, 5) is 1.04. The fourth-order valence-electron chi connectivity index (χ4n) is 0.983. The highest BCUT2D eigenvalue weighted by atomic mass is 32.1. The van der Waals surface area contributed by atoms with Crippen molar-refractivity contribution < 1.29 is 0 Å². The zero-order chi connectivity index (χ0) is 7.56. The Morgan fingerprint density at radius 3 is 2.80 bits per heavy atom. The lowest BCUT2D eigenvalue weighted by molar-refractivity contribution is 1.04. The monoisotopic (exact) mass is 153 g/mol. The molecule has 0 aromatic heterocycles. The molecule has 1 aliphatic rings. The molecule has 10 heavy (non-hydrogen) atoms. The fourth-order valence-corrected chi connectivity index (χ4v) is 1.29. The molecule has 1 rings (SSSR count). The van der Waals surface area contributed by atoms with Crippen molar-refractivity contribution in [1.82, 2.24) is 0 Å². The van der Waals surface area contributed by atoms with Crippen molar-refractivity contribution >= 4 is 18.3 Å². The number of rotatable bonds is 1. The molecule has 0 spiro atoms. The van der Waals surface area contributed by atoms with Crippen molar-refractivity contribution in [2.24, 2.45) is 0 Å². The first-order valence-corrected chi connectivity index (χ1v) is 3.85. The van der Waals surface area contributed by atoms with E-state index in [1.807, 2.05) is 12.2 Å². The lowest BCUT2D eigenvalue weighted by Crippen LogP contribution is -1.99. The van der Waals surface area contributed by atoms with Crippen molar-refractivity contribution in [3.63, 3.8) is 0 Å². The molecule has 0 amide bonds. The second kappa shape index (κ2) is 3.06. The molecule has 2 heteroatoms. The van der Waals surface area contributed by atoms with E-state index in [2.05, 4.69) is 19.6 Å². The van der Waals surface area contributed by atoms with Gasteiger partial charge in [-0.25, -0.2) is 0 Å². The van der Waals surface area contributed by atoms with Crippen LogP contribution in [0, 0.1) is 5.41 Å². The van der Waals surface area contributed by atoms with Crippen molar-refractivity contribution in [3.8, 4) is 0 Å². The van der Waals surface area contributed by atoms with Gasteiger partial charge in [-0.3, -0.25) is 0 Å². The Morgan fingerprint density at radius 2 is 2.30 bits per heavy atom. The second-order valence-electron chi connectivity index (χ2n) is 2.38. The van der Waals surface area contributed by atoms with Crippen LogP contribution in [0.3, 0.4) is 0 Å². The minimum Gasteiger partial charge on any atom is -0.305 e.